The molecule has 0 unspecified atom stereocenters. The lowest BCUT2D eigenvalue weighted by Gasteiger charge is -2.32. The number of anilines is 1. The van der Waals surface area contributed by atoms with E-state index in [-0.39, 0.29) is 0 Å². The number of nitrogens with one attached hydrogen (secondary N) is 1. The minimum absolute atomic E-state index is 0.438. The molecule has 0 spiro atoms. The highest BCUT2D eigenvalue weighted by Gasteiger charge is 2.33. The van der Waals surface area contributed by atoms with Gasteiger partial charge < -0.3 is 18.6 Å². The SMILES string of the molecule is CCOC(OCC)c1cc(-c2ccc3c(c2)C(C)(C)OC(=O)N3)co1. The zero-order valence-corrected chi connectivity index (χ0v) is 14.9. The monoisotopic (exact) mass is 345 g/mol. The summed E-state index contributed by atoms with van der Waals surface area (Å²) >= 11 is 0. The summed E-state index contributed by atoms with van der Waals surface area (Å²) < 4.78 is 22.2. The molecule has 0 radical (unpaired) electrons. The highest BCUT2D eigenvalue weighted by molar-refractivity contribution is 5.89. The van der Waals surface area contributed by atoms with Crippen LogP contribution in [0, 0.1) is 0 Å². The van der Waals surface area contributed by atoms with Crippen molar-refractivity contribution in [1.29, 1.82) is 0 Å². The van der Waals surface area contributed by atoms with E-state index in [1.165, 1.54) is 0 Å². The van der Waals surface area contributed by atoms with Gasteiger partial charge in [-0.15, -0.1) is 0 Å². The summed E-state index contributed by atoms with van der Waals surface area (Å²) in [6.07, 6.45) is 0.727. The summed E-state index contributed by atoms with van der Waals surface area (Å²) in [4.78, 5) is 11.6. The lowest BCUT2D eigenvalue weighted by Crippen LogP contribution is -2.34. The summed E-state index contributed by atoms with van der Waals surface area (Å²) in [5, 5.41) is 2.73. The largest absolute Gasteiger partial charge is 0.463 e. The minimum atomic E-state index is -0.695. The third kappa shape index (κ3) is 3.55. The molecular formula is C19H23NO5. The quantitative estimate of drug-likeness (QED) is 0.760. The molecule has 25 heavy (non-hydrogen) atoms. The summed E-state index contributed by atoms with van der Waals surface area (Å²) in [7, 11) is 0. The van der Waals surface area contributed by atoms with Crippen LogP contribution in [-0.4, -0.2) is 19.3 Å². The van der Waals surface area contributed by atoms with Crippen LogP contribution >= 0.6 is 0 Å². The molecule has 1 amide bonds. The van der Waals surface area contributed by atoms with Gasteiger partial charge in [0.2, 0.25) is 6.29 Å². The Kier molecular flexibility index (Phi) is 4.83. The second-order valence-corrected chi connectivity index (χ2v) is 6.27. The van der Waals surface area contributed by atoms with Gasteiger partial charge in [-0.25, -0.2) is 4.79 Å². The number of fused-ring (bicyclic) bond motifs is 1. The van der Waals surface area contributed by atoms with Crippen molar-refractivity contribution in [3.8, 4) is 11.1 Å². The van der Waals surface area contributed by atoms with Gasteiger partial charge in [0.15, 0.2) is 5.76 Å². The number of rotatable bonds is 6. The number of ether oxygens (including phenoxy) is 3. The Morgan fingerprint density at radius 1 is 1.12 bits per heavy atom. The first-order valence-corrected chi connectivity index (χ1v) is 8.41. The van der Waals surface area contributed by atoms with Gasteiger partial charge in [-0.1, -0.05) is 6.07 Å². The molecule has 2 aromatic rings. The zero-order chi connectivity index (χ0) is 18.0. The first kappa shape index (κ1) is 17.5. The Bertz CT molecular complexity index is 759. The molecule has 0 bridgehead atoms. The lowest BCUT2D eigenvalue weighted by atomic mass is 9.92. The average Bonchev–Trinajstić information content (AvgIpc) is 3.03. The fourth-order valence-corrected chi connectivity index (χ4v) is 2.90. The predicted octanol–water partition coefficient (Wildman–Crippen LogP) is 4.82. The number of carbonyl (C=O) groups excluding carboxylic acids is 1. The molecular weight excluding hydrogens is 322 g/mol. The van der Waals surface area contributed by atoms with Crippen molar-refractivity contribution in [2.75, 3.05) is 18.5 Å². The highest BCUT2D eigenvalue weighted by atomic mass is 16.7. The van der Waals surface area contributed by atoms with Gasteiger partial charge in [-0.2, -0.15) is 0 Å². The van der Waals surface area contributed by atoms with Crippen LogP contribution in [0.3, 0.4) is 0 Å². The summed E-state index contributed by atoms with van der Waals surface area (Å²) in [6, 6.07) is 7.72. The van der Waals surface area contributed by atoms with Gasteiger partial charge in [0, 0.05) is 24.3 Å². The molecule has 1 aliphatic heterocycles. The summed E-state index contributed by atoms with van der Waals surface area (Å²) in [5.74, 6) is 0.625. The molecule has 0 aliphatic carbocycles. The first-order valence-electron chi connectivity index (χ1n) is 8.41. The van der Waals surface area contributed by atoms with Crippen LogP contribution in [-0.2, 0) is 19.8 Å². The maximum Gasteiger partial charge on any atom is 0.412 e. The van der Waals surface area contributed by atoms with Crippen LogP contribution < -0.4 is 5.32 Å². The zero-order valence-electron chi connectivity index (χ0n) is 14.9. The third-order valence-electron chi connectivity index (χ3n) is 4.07. The predicted molar refractivity (Wildman–Crippen MR) is 93.3 cm³/mol. The number of cyclic esters (lactones) is 1. The highest BCUT2D eigenvalue weighted by Crippen LogP contribution is 2.38. The Balaban J connectivity index is 1.92. The van der Waals surface area contributed by atoms with Crippen molar-refractivity contribution in [3.63, 3.8) is 0 Å². The fraction of sp³-hybridized carbons (Fsp3) is 0.421. The van der Waals surface area contributed by atoms with Crippen molar-refractivity contribution in [2.24, 2.45) is 0 Å². The number of hydrogen-bond donors (Lipinski definition) is 1. The maximum absolute atomic E-state index is 11.6. The van der Waals surface area contributed by atoms with E-state index in [9.17, 15) is 4.79 Å². The van der Waals surface area contributed by atoms with E-state index in [0.717, 1.165) is 22.4 Å². The number of hydrogen-bond acceptors (Lipinski definition) is 5. The maximum atomic E-state index is 11.6. The molecule has 0 saturated carbocycles. The summed E-state index contributed by atoms with van der Waals surface area (Å²) in [5.41, 5.74) is 2.86. The number of furan rings is 1. The molecule has 6 heteroatoms. The van der Waals surface area contributed by atoms with E-state index in [1.54, 1.807) is 6.26 Å². The van der Waals surface area contributed by atoms with Crippen molar-refractivity contribution in [2.45, 2.75) is 39.6 Å². The Morgan fingerprint density at radius 2 is 1.84 bits per heavy atom. The van der Waals surface area contributed by atoms with Gasteiger partial charge in [0.1, 0.15) is 5.60 Å². The van der Waals surface area contributed by atoms with E-state index in [4.69, 9.17) is 18.6 Å². The lowest BCUT2D eigenvalue weighted by molar-refractivity contribution is -0.150. The van der Waals surface area contributed by atoms with E-state index in [2.05, 4.69) is 5.32 Å². The molecule has 2 heterocycles. The van der Waals surface area contributed by atoms with Crippen LogP contribution in [0.15, 0.2) is 34.9 Å². The topological polar surface area (TPSA) is 69.9 Å². The molecule has 1 aromatic carbocycles. The van der Waals surface area contributed by atoms with Crippen molar-refractivity contribution in [1.82, 2.24) is 0 Å². The van der Waals surface area contributed by atoms with Crippen molar-refractivity contribution >= 4 is 11.8 Å². The van der Waals surface area contributed by atoms with Crippen LogP contribution in [0.25, 0.3) is 11.1 Å². The van der Waals surface area contributed by atoms with Crippen LogP contribution in [0.4, 0.5) is 10.5 Å². The molecule has 0 fully saturated rings. The Hall–Kier alpha value is -2.31. The standard InChI is InChI=1S/C19H23NO5/c1-5-22-17(23-6-2)16-10-13(11-24-16)12-7-8-15-14(9-12)19(3,4)25-18(21)20-15/h7-11,17H,5-6H2,1-4H3,(H,20,21). The molecule has 3 rings (SSSR count). The van der Waals surface area contributed by atoms with E-state index >= 15 is 0 Å². The van der Waals surface area contributed by atoms with E-state index in [0.29, 0.717) is 19.0 Å². The van der Waals surface area contributed by atoms with E-state index < -0.39 is 18.0 Å². The molecule has 134 valence electrons. The van der Waals surface area contributed by atoms with Gasteiger partial charge in [0.05, 0.1) is 12.0 Å². The number of carbonyl (C=O) groups is 1. The Morgan fingerprint density at radius 3 is 2.52 bits per heavy atom. The second kappa shape index (κ2) is 6.90. The average molecular weight is 345 g/mol. The smallest absolute Gasteiger partial charge is 0.412 e. The first-order chi connectivity index (χ1) is 11.9. The molecule has 0 atom stereocenters. The van der Waals surface area contributed by atoms with E-state index in [1.807, 2.05) is 52.0 Å². The van der Waals surface area contributed by atoms with Crippen LogP contribution in [0.5, 0.6) is 0 Å². The second-order valence-electron chi connectivity index (χ2n) is 6.27. The normalized spacial score (nSPS) is 15.6. The third-order valence-corrected chi connectivity index (χ3v) is 4.07. The molecule has 6 nitrogen and oxygen atoms in total. The molecule has 0 saturated heterocycles. The Labute approximate surface area is 147 Å². The summed E-state index contributed by atoms with van der Waals surface area (Å²) in [6.45, 7) is 8.63. The van der Waals surface area contributed by atoms with Gasteiger partial charge in [-0.05, 0) is 51.5 Å². The van der Waals surface area contributed by atoms with Crippen LogP contribution in [0.1, 0.15) is 45.3 Å². The molecule has 1 aromatic heterocycles. The number of amides is 1. The van der Waals surface area contributed by atoms with Crippen LogP contribution in [0.2, 0.25) is 0 Å². The number of benzene rings is 1. The minimum Gasteiger partial charge on any atom is -0.463 e. The molecule has 1 aliphatic rings. The van der Waals surface area contributed by atoms with Crippen molar-refractivity contribution < 1.29 is 23.4 Å². The van der Waals surface area contributed by atoms with Gasteiger partial charge in [0.25, 0.3) is 0 Å². The fourth-order valence-electron chi connectivity index (χ4n) is 2.90. The van der Waals surface area contributed by atoms with Gasteiger partial charge in [-0.3, -0.25) is 5.32 Å². The van der Waals surface area contributed by atoms with Crippen molar-refractivity contribution in [3.05, 3.63) is 41.9 Å². The van der Waals surface area contributed by atoms with Gasteiger partial charge >= 0.3 is 6.09 Å². The molecule has 1 N–H and O–H groups in total.